The van der Waals surface area contributed by atoms with Crippen molar-refractivity contribution in [2.24, 2.45) is 5.41 Å². The second-order valence-corrected chi connectivity index (χ2v) is 13.3. The zero-order valence-electron chi connectivity index (χ0n) is 22.9. The number of carbonyl (C=O) groups is 1. The van der Waals surface area contributed by atoms with Gasteiger partial charge in [-0.05, 0) is 56.2 Å². The minimum Gasteiger partial charge on any atom is -0.395 e. The molecule has 3 aliphatic rings. The molecular formula is C27H35F3N6O4S. The lowest BCUT2D eigenvalue weighted by Gasteiger charge is -2.35. The number of rotatable bonds is 9. The number of amides is 1. The Hall–Kier alpha value is -3.13. The number of nitrogens with zero attached hydrogens (tertiary/aromatic N) is 4. The molecule has 1 aromatic carbocycles. The number of aliphatic hydroxyl groups is 1. The van der Waals surface area contributed by atoms with Crippen LogP contribution in [-0.4, -0.2) is 80.0 Å². The molecular weight excluding hydrogens is 561 g/mol. The lowest BCUT2D eigenvalue weighted by Crippen LogP contribution is -2.40. The van der Waals surface area contributed by atoms with Crippen molar-refractivity contribution < 1.29 is 31.5 Å². The molecule has 224 valence electrons. The van der Waals surface area contributed by atoms with Crippen LogP contribution < -0.4 is 19.8 Å². The average Bonchev–Trinajstić information content (AvgIpc) is 3.67. The summed E-state index contributed by atoms with van der Waals surface area (Å²) >= 11 is 0. The Balaban J connectivity index is 1.40. The number of sulfonamides is 1. The highest BCUT2D eigenvalue weighted by Gasteiger charge is 2.44. The number of piperidine rings is 2. The molecule has 0 radical (unpaired) electrons. The Morgan fingerprint density at radius 2 is 1.68 bits per heavy atom. The van der Waals surface area contributed by atoms with E-state index in [0.717, 1.165) is 12.8 Å². The third kappa shape index (κ3) is 6.69. The Bertz CT molecular complexity index is 1380. The molecule has 1 atom stereocenters. The first-order valence-corrected chi connectivity index (χ1v) is 15.3. The van der Waals surface area contributed by atoms with Crippen LogP contribution in [0.2, 0.25) is 0 Å². The minimum atomic E-state index is -4.20. The van der Waals surface area contributed by atoms with Crippen LogP contribution in [0.15, 0.2) is 24.3 Å². The highest BCUT2D eigenvalue weighted by molar-refractivity contribution is 7.93. The van der Waals surface area contributed by atoms with E-state index in [1.807, 2.05) is 4.90 Å². The van der Waals surface area contributed by atoms with E-state index in [-0.39, 0.29) is 43.4 Å². The molecule has 1 spiro atoms. The van der Waals surface area contributed by atoms with Gasteiger partial charge >= 0.3 is 0 Å². The number of alkyl halides is 3. The van der Waals surface area contributed by atoms with E-state index in [1.54, 1.807) is 24.0 Å². The van der Waals surface area contributed by atoms with Gasteiger partial charge in [-0.25, -0.2) is 26.6 Å². The monoisotopic (exact) mass is 596 g/mol. The number of aliphatic hydroxyl groups excluding tert-OH is 1. The quantitative estimate of drug-likeness (QED) is 0.400. The second-order valence-electron chi connectivity index (χ2n) is 11.3. The SMILES string of the molecule is Cc1cc(NC(=O)c2ccc(NS(=O)(=O)[C@@H](CO)CF)cc2N2CCC3(CC2)CC3)nc(N2CCC(F)(F)CC2)n1. The molecule has 2 aliphatic heterocycles. The van der Waals surface area contributed by atoms with Crippen LogP contribution in [0.5, 0.6) is 0 Å². The van der Waals surface area contributed by atoms with Crippen LogP contribution in [0.3, 0.4) is 0 Å². The number of benzene rings is 1. The summed E-state index contributed by atoms with van der Waals surface area (Å²) in [5.74, 6) is -2.72. The third-order valence-electron chi connectivity index (χ3n) is 8.30. The van der Waals surface area contributed by atoms with Gasteiger partial charge in [-0.2, -0.15) is 4.98 Å². The molecule has 10 nitrogen and oxygen atoms in total. The lowest BCUT2D eigenvalue weighted by molar-refractivity contribution is -0.0222. The van der Waals surface area contributed by atoms with Crippen LogP contribution in [-0.2, 0) is 10.0 Å². The first kappa shape index (κ1) is 29.4. The first-order valence-electron chi connectivity index (χ1n) is 13.8. The lowest BCUT2D eigenvalue weighted by atomic mass is 9.93. The van der Waals surface area contributed by atoms with Gasteiger partial charge in [0.05, 0.1) is 23.5 Å². The van der Waals surface area contributed by atoms with E-state index in [4.69, 9.17) is 0 Å². The molecule has 2 aromatic rings. The largest absolute Gasteiger partial charge is 0.395 e. The minimum absolute atomic E-state index is 0.0986. The van der Waals surface area contributed by atoms with Crippen molar-refractivity contribution in [2.45, 2.75) is 56.6 Å². The van der Waals surface area contributed by atoms with E-state index >= 15 is 0 Å². The van der Waals surface area contributed by atoms with Crippen LogP contribution in [0, 0.1) is 12.3 Å². The summed E-state index contributed by atoms with van der Waals surface area (Å²) in [5, 5.41) is 10.5. The number of aromatic nitrogens is 2. The molecule has 1 saturated carbocycles. The zero-order valence-corrected chi connectivity index (χ0v) is 23.7. The van der Waals surface area contributed by atoms with E-state index in [0.29, 0.717) is 35.4 Å². The van der Waals surface area contributed by atoms with Crippen molar-refractivity contribution in [3.63, 3.8) is 0 Å². The van der Waals surface area contributed by atoms with Gasteiger partial charge in [0, 0.05) is 50.8 Å². The molecule has 41 heavy (non-hydrogen) atoms. The number of hydrogen-bond donors (Lipinski definition) is 3. The highest BCUT2D eigenvalue weighted by Crippen LogP contribution is 2.54. The fourth-order valence-electron chi connectivity index (χ4n) is 5.40. The fraction of sp³-hybridized carbons (Fsp3) is 0.593. The number of halogens is 3. The maximum absolute atomic E-state index is 13.7. The van der Waals surface area contributed by atoms with Crippen molar-refractivity contribution in [1.29, 1.82) is 0 Å². The molecule has 0 unspecified atom stereocenters. The van der Waals surface area contributed by atoms with Crippen molar-refractivity contribution >= 4 is 39.1 Å². The zero-order chi connectivity index (χ0) is 29.4. The molecule has 1 aromatic heterocycles. The molecule has 3 heterocycles. The number of anilines is 4. The van der Waals surface area contributed by atoms with E-state index in [1.165, 1.54) is 25.0 Å². The maximum atomic E-state index is 13.7. The Morgan fingerprint density at radius 1 is 1.02 bits per heavy atom. The van der Waals surface area contributed by atoms with Crippen LogP contribution in [0.25, 0.3) is 0 Å². The molecule has 2 saturated heterocycles. The van der Waals surface area contributed by atoms with Gasteiger partial charge < -0.3 is 20.2 Å². The molecule has 14 heteroatoms. The number of nitrogens with one attached hydrogen (secondary N) is 2. The molecule has 3 N–H and O–H groups in total. The van der Waals surface area contributed by atoms with E-state index in [9.17, 15) is 31.5 Å². The Kier molecular flexibility index (Phi) is 8.07. The standard InChI is InChI=1S/C27H35F3N6O4S/c1-18-14-23(33-25(31-18)36-12-8-27(29,30)9-13-36)32-24(38)21-3-2-19(34-41(39,40)20(16-28)17-37)15-22(21)35-10-6-26(4-5-26)7-11-35/h2-3,14-15,20,34,37H,4-13,16-17H2,1H3,(H,31,32,33,38)/t20-/m1/s1. The van der Waals surface area contributed by atoms with Crippen LogP contribution in [0.1, 0.15) is 54.6 Å². The number of carbonyl (C=O) groups excluding carboxylic acids is 1. The third-order valence-corrected chi connectivity index (χ3v) is 9.97. The summed E-state index contributed by atoms with van der Waals surface area (Å²) in [6.45, 7) is 1.20. The smallest absolute Gasteiger partial charge is 0.258 e. The fourth-order valence-corrected chi connectivity index (χ4v) is 6.39. The van der Waals surface area contributed by atoms with Crippen molar-refractivity contribution in [1.82, 2.24) is 9.97 Å². The van der Waals surface area contributed by atoms with Crippen LogP contribution in [0.4, 0.5) is 36.3 Å². The van der Waals surface area contributed by atoms with Crippen molar-refractivity contribution in [3.8, 4) is 0 Å². The van der Waals surface area contributed by atoms with Gasteiger partial charge in [0.15, 0.2) is 0 Å². The maximum Gasteiger partial charge on any atom is 0.258 e. The average molecular weight is 597 g/mol. The van der Waals surface area contributed by atoms with Crippen molar-refractivity contribution in [2.75, 3.05) is 59.3 Å². The predicted octanol–water partition coefficient (Wildman–Crippen LogP) is 3.73. The topological polar surface area (TPSA) is 128 Å². The van der Waals surface area contributed by atoms with Crippen molar-refractivity contribution in [3.05, 3.63) is 35.5 Å². The first-order chi connectivity index (χ1) is 19.4. The van der Waals surface area contributed by atoms with Crippen LogP contribution >= 0.6 is 0 Å². The summed E-state index contributed by atoms with van der Waals surface area (Å²) in [5.41, 5.74) is 1.88. The molecule has 1 aliphatic carbocycles. The summed E-state index contributed by atoms with van der Waals surface area (Å²) in [7, 11) is -4.20. The summed E-state index contributed by atoms with van der Waals surface area (Å²) in [4.78, 5) is 26.1. The molecule has 5 rings (SSSR count). The van der Waals surface area contributed by atoms with Gasteiger partial charge in [0.25, 0.3) is 11.8 Å². The van der Waals surface area contributed by atoms with Gasteiger partial charge in [0.2, 0.25) is 16.0 Å². The van der Waals surface area contributed by atoms with Gasteiger partial charge in [-0.1, -0.05) is 0 Å². The Morgan fingerprint density at radius 3 is 2.29 bits per heavy atom. The van der Waals surface area contributed by atoms with Gasteiger partial charge in [0.1, 0.15) is 17.7 Å². The normalized spacial score (nSPS) is 20.5. The molecule has 1 amide bonds. The van der Waals surface area contributed by atoms with Gasteiger partial charge in [-0.3, -0.25) is 9.52 Å². The predicted molar refractivity (Wildman–Crippen MR) is 150 cm³/mol. The number of hydrogen-bond acceptors (Lipinski definition) is 8. The van der Waals surface area contributed by atoms with E-state index < -0.39 is 40.4 Å². The Labute approximate surface area is 237 Å². The summed E-state index contributed by atoms with van der Waals surface area (Å²) in [6, 6.07) is 6.05. The summed E-state index contributed by atoms with van der Waals surface area (Å²) < 4.78 is 68.0. The number of aryl methyl sites for hydroxylation is 1. The molecule has 3 fully saturated rings. The highest BCUT2D eigenvalue weighted by atomic mass is 32.2. The molecule has 0 bridgehead atoms. The van der Waals surface area contributed by atoms with E-state index in [2.05, 4.69) is 20.0 Å². The second kappa shape index (κ2) is 11.3. The van der Waals surface area contributed by atoms with Gasteiger partial charge in [-0.15, -0.1) is 0 Å². The summed E-state index contributed by atoms with van der Waals surface area (Å²) in [6.07, 6.45) is 3.69.